The molecule has 0 radical (unpaired) electrons. The lowest BCUT2D eigenvalue weighted by atomic mass is 9.86. The van der Waals surface area contributed by atoms with Gasteiger partial charge in [-0.2, -0.15) is 0 Å². The summed E-state index contributed by atoms with van der Waals surface area (Å²) >= 11 is 0. The highest BCUT2D eigenvalue weighted by Gasteiger charge is 2.26. The van der Waals surface area contributed by atoms with Crippen molar-refractivity contribution in [2.45, 2.75) is 52.9 Å². The summed E-state index contributed by atoms with van der Waals surface area (Å²) in [5.74, 6) is 0.157. The molecule has 2 amide bonds. The molecule has 1 aromatic carbocycles. The van der Waals surface area contributed by atoms with Crippen molar-refractivity contribution in [3.63, 3.8) is 0 Å². The van der Waals surface area contributed by atoms with E-state index in [2.05, 4.69) is 38.2 Å². The maximum absolute atomic E-state index is 12.5. The van der Waals surface area contributed by atoms with E-state index in [9.17, 15) is 9.59 Å². The number of hydrogen-bond donors (Lipinski definition) is 1. The standard InChI is InChI=1S/C19H28N2O2/c1-13-12-16(19(3,4)5)6-7-17(13)20-18(23)15-8-10-21(11-9-15)14(2)22/h6-7,12,15H,8-11H2,1-5H3,(H,20,23). The van der Waals surface area contributed by atoms with Gasteiger partial charge < -0.3 is 10.2 Å². The molecule has 0 bridgehead atoms. The fourth-order valence-corrected chi connectivity index (χ4v) is 2.96. The predicted molar refractivity (Wildman–Crippen MR) is 93.5 cm³/mol. The van der Waals surface area contributed by atoms with E-state index in [1.807, 2.05) is 17.9 Å². The Morgan fingerprint density at radius 2 is 1.78 bits per heavy atom. The van der Waals surface area contributed by atoms with Crippen LogP contribution in [0.5, 0.6) is 0 Å². The van der Waals surface area contributed by atoms with Gasteiger partial charge in [-0.1, -0.05) is 32.9 Å². The molecule has 0 aromatic heterocycles. The quantitative estimate of drug-likeness (QED) is 0.908. The van der Waals surface area contributed by atoms with Crippen molar-refractivity contribution in [2.75, 3.05) is 18.4 Å². The summed E-state index contributed by atoms with van der Waals surface area (Å²) in [6.45, 7) is 11.5. The first-order valence-corrected chi connectivity index (χ1v) is 8.36. The summed E-state index contributed by atoms with van der Waals surface area (Å²) in [6.07, 6.45) is 1.48. The number of rotatable bonds is 2. The molecular formula is C19H28N2O2. The lowest BCUT2D eigenvalue weighted by Gasteiger charge is -2.30. The van der Waals surface area contributed by atoms with Gasteiger partial charge in [-0.3, -0.25) is 9.59 Å². The molecule has 0 spiro atoms. The third kappa shape index (κ3) is 4.34. The first-order valence-electron chi connectivity index (χ1n) is 8.36. The van der Waals surface area contributed by atoms with Crippen molar-refractivity contribution >= 4 is 17.5 Å². The predicted octanol–water partition coefficient (Wildman–Crippen LogP) is 3.49. The number of amides is 2. The largest absolute Gasteiger partial charge is 0.343 e. The molecule has 2 rings (SSSR count). The first-order chi connectivity index (χ1) is 10.7. The Hall–Kier alpha value is -1.84. The van der Waals surface area contributed by atoms with E-state index in [4.69, 9.17) is 0 Å². The van der Waals surface area contributed by atoms with Crippen molar-refractivity contribution in [2.24, 2.45) is 5.92 Å². The number of likely N-dealkylation sites (tertiary alicyclic amines) is 1. The molecule has 1 aliphatic rings. The average molecular weight is 316 g/mol. The molecule has 4 heteroatoms. The Morgan fingerprint density at radius 1 is 1.17 bits per heavy atom. The number of nitrogens with zero attached hydrogens (tertiary/aromatic N) is 1. The molecule has 0 saturated carbocycles. The molecule has 0 atom stereocenters. The Balaban J connectivity index is 2.00. The van der Waals surface area contributed by atoms with Gasteiger partial charge in [0.1, 0.15) is 0 Å². The summed E-state index contributed by atoms with van der Waals surface area (Å²) < 4.78 is 0. The molecule has 1 N–H and O–H groups in total. The maximum Gasteiger partial charge on any atom is 0.227 e. The van der Waals surface area contributed by atoms with Crippen LogP contribution < -0.4 is 5.32 Å². The first kappa shape index (κ1) is 17.5. The van der Waals surface area contributed by atoms with E-state index in [0.29, 0.717) is 13.1 Å². The van der Waals surface area contributed by atoms with Crippen LogP contribution in [0.3, 0.4) is 0 Å². The highest BCUT2D eigenvalue weighted by atomic mass is 16.2. The van der Waals surface area contributed by atoms with Crippen LogP contribution in [0.15, 0.2) is 18.2 Å². The van der Waals surface area contributed by atoms with E-state index in [1.54, 1.807) is 6.92 Å². The smallest absolute Gasteiger partial charge is 0.227 e. The topological polar surface area (TPSA) is 49.4 Å². The minimum absolute atomic E-state index is 0.00714. The van der Waals surface area contributed by atoms with Crippen LogP contribution in [0.1, 0.15) is 51.7 Å². The summed E-state index contributed by atoms with van der Waals surface area (Å²) in [6, 6.07) is 6.23. The fraction of sp³-hybridized carbons (Fsp3) is 0.579. The average Bonchev–Trinajstić information content (AvgIpc) is 2.48. The van der Waals surface area contributed by atoms with E-state index in [0.717, 1.165) is 24.1 Å². The van der Waals surface area contributed by atoms with E-state index in [-0.39, 0.29) is 23.1 Å². The van der Waals surface area contributed by atoms with Gasteiger partial charge in [-0.25, -0.2) is 0 Å². The number of aryl methyl sites for hydroxylation is 1. The summed E-state index contributed by atoms with van der Waals surface area (Å²) in [4.78, 5) is 25.6. The number of benzene rings is 1. The van der Waals surface area contributed by atoms with Gasteiger partial charge in [0.05, 0.1) is 0 Å². The van der Waals surface area contributed by atoms with Crippen LogP contribution in [-0.2, 0) is 15.0 Å². The third-order valence-corrected chi connectivity index (χ3v) is 4.66. The normalized spacial score (nSPS) is 16.3. The molecule has 0 aliphatic carbocycles. The van der Waals surface area contributed by atoms with Crippen molar-refractivity contribution in [1.29, 1.82) is 0 Å². The number of carbonyl (C=O) groups excluding carboxylic acids is 2. The minimum Gasteiger partial charge on any atom is -0.343 e. The minimum atomic E-state index is -0.00714. The van der Waals surface area contributed by atoms with Crippen LogP contribution >= 0.6 is 0 Å². The highest BCUT2D eigenvalue weighted by molar-refractivity contribution is 5.93. The zero-order chi connectivity index (χ0) is 17.2. The maximum atomic E-state index is 12.5. The van der Waals surface area contributed by atoms with Crippen molar-refractivity contribution in [3.8, 4) is 0 Å². The molecule has 0 unspecified atom stereocenters. The molecule has 23 heavy (non-hydrogen) atoms. The van der Waals surface area contributed by atoms with Crippen molar-refractivity contribution in [3.05, 3.63) is 29.3 Å². The summed E-state index contributed by atoms with van der Waals surface area (Å²) in [7, 11) is 0. The van der Waals surface area contributed by atoms with Gasteiger partial charge in [-0.15, -0.1) is 0 Å². The van der Waals surface area contributed by atoms with E-state index >= 15 is 0 Å². The van der Waals surface area contributed by atoms with Crippen LogP contribution in [0.2, 0.25) is 0 Å². The van der Waals surface area contributed by atoms with E-state index in [1.165, 1.54) is 5.56 Å². The summed E-state index contributed by atoms with van der Waals surface area (Å²) in [5.41, 5.74) is 3.35. The monoisotopic (exact) mass is 316 g/mol. The number of nitrogens with one attached hydrogen (secondary N) is 1. The second-order valence-corrected chi connectivity index (χ2v) is 7.55. The molecule has 1 fully saturated rings. The molecule has 4 nitrogen and oxygen atoms in total. The van der Waals surface area contributed by atoms with Gasteiger partial charge in [-0.05, 0) is 42.4 Å². The Bertz CT molecular complexity index is 594. The Morgan fingerprint density at radius 3 is 2.26 bits per heavy atom. The van der Waals surface area contributed by atoms with Crippen molar-refractivity contribution in [1.82, 2.24) is 4.90 Å². The van der Waals surface area contributed by atoms with Gasteiger partial charge in [0.2, 0.25) is 11.8 Å². The number of anilines is 1. The van der Waals surface area contributed by atoms with E-state index < -0.39 is 0 Å². The molecule has 1 heterocycles. The van der Waals surface area contributed by atoms with Gasteiger partial charge in [0.15, 0.2) is 0 Å². The SMILES string of the molecule is CC(=O)N1CCC(C(=O)Nc2ccc(C(C)(C)C)cc2C)CC1. The highest BCUT2D eigenvalue weighted by Crippen LogP contribution is 2.27. The lowest BCUT2D eigenvalue weighted by molar-refractivity contribution is -0.132. The van der Waals surface area contributed by atoms with Crippen LogP contribution in [0, 0.1) is 12.8 Å². The Labute approximate surface area is 139 Å². The number of carbonyl (C=O) groups is 2. The molecule has 126 valence electrons. The van der Waals surface area contributed by atoms with Crippen LogP contribution in [0.4, 0.5) is 5.69 Å². The molecule has 1 aromatic rings. The van der Waals surface area contributed by atoms with Crippen LogP contribution in [-0.4, -0.2) is 29.8 Å². The van der Waals surface area contributed by atoms with Crippen LogP contribution in [0.25, 0.3) is 0 Å². The van der Waals surface area contributed by atoms with Crippen molar-refractivity contribution < 1.29 is 9.59 Å². The second kappa shape index (κ2) is 6.73. The third-order valence-electron chi connectivity index (χ3n) is 4.66. The zero-order valence-electron chi connectivity index (χ0n) is 14.9. The second-order valence-electron chi connectivity index (χ2n) is 7.55. The van der Waals surface area contributed by atoms with Gasteiger partial charge >= 0.3 is 0 Å². The molecule has 1 aliphatic heterocycles. The fourth-order valence-electron chi connectivity index (χ4n) is 2.96. The summed E-state index contributed by atoms with van der Waals surface area (Å²) in [5, 5.41) is 3.06. The lowest BCUT2D eigenvalue weighted by Crippen LogP contribution is -2.40. The van der Waals surface area contributed by atoms with Gasteiger partial charge in [0.25, 0.3) is 0 Å². The van der Waals surface area contributed by atoms with Gasteiger partial charge in [0, 0.05) is 31.6 Å². The Kier molecular flexibility index (Phi) is 5.12. The zero-order valence-corrected chi connectivity index (χ0v) is 14.9. The number of hydrogen-bond acceptors (Lipinski definition) is 2. The molecular weight excluding hydrogens is 288 g/mol. The molecule has 1 saturated heterocycles. The number of piperidine rings is 1.